The summed E-state index contributed by atoms with van der Waals surface area (Å²) >= 11 is 11.7. The minimum absolute atomic E-state index is 0. The van der Waals surface area contributed by atoms with Gasteiger partial charge < -0.3 is 20.4 Å². The van der Waals surface area contributed by atoms with E-state index in [1.807, 2.05) is 0 Å². The number of ether oxygens (including phenoxy) is 1. The molecule has 0 aliphatic heterocycles. The molecule has 0 spiro atoms. The predicted octanol–water partition coefficient (Wildman–Crippen LogP) is -0.336. The van der Waals surface area contributed by atoms with E-state index < -0.39 is 5.97 Å². The van der Waals surface area contributed by atoms with Gasteiger partial charge >= 0.3 is 29.6 Å². The van der Waals surface area contributed by atoms with Gasteiger partial charge in [-0.05, 0) is 29.8 Å². The number of carboxylic acids is 1. The van der Waals surface area contributed by atoms with Crippen molar-refractivity contribution in [2.45, 2.75) is 6.42 Å². The molecule has 21 heavy (non-hydrogen) atoms. The van der Waals surface area contributed by atoms with Crippen molar-refractivity contribution in [1.82, 2.24) is 0 Å². The number of nitrogens with two attached hydrogens (primary N) is 1. The van der Waals surface area contributed by atoms with Crippen molar-refractivity contribution in [2.75, 3.05) is 5.73 Å². The Morgan fingerprint density at radius 3 is 2.38 bits per heavy atom. The summed E-state index contributed by atoms with van der Waals surface area (Å²) in [6, 6.07) is 9.62. The molecular weight excluding hydrogens is 324 g/mol. The number of carboxylic acid groups (broad SMARTS) is 1. The Morgan fingerprint density at radius 2 is 1.81 bits per heavy atom. The summed E-state index contributed by atoms with van der Waals surface area (Å²) in [5, 5.41) is 11.5. The van der Waals surface area contributed by atoms with Gasteiger partial charge in [0, 0.05) is 22.4 Å². The molecule has 0 radical (unpaired) electrons. The fraction of sp³-hybridized carbons (Fsp3) is 0.0714. The molecule has 0 aliphatic rings. The van der Waals surface area contributed by atoms with E-state index in [1.54, 1.807) is 36.4 Å². The number of carbonyl (C=O) groups excluding carboxylic acids is 1. The van der Waals surface area contributed by atoms with Crippen LogP contribution in [0.4, 0.5) is 5.69 Å². The second kappa shape index (κ2) is 7.92. The Morgan fingerprint density at radius 1 is 1.19 bits per heavy atom. The monoisotopic (exact) mass is 333 g/mol. The van der Waals surface area contributed by atoms with Crippen molar-refractivity contribution in [1.29, 1.82) is 0 Å². The quantitative estimate of drug-likeness (QED) is 0.613. The normalized spacial score (nSPS) is 9.81. The molecule has 0 saturated carbocycles. The van der Waals surface area contributed by atoms with Gasteiger partial charge in [-0.2, -0.15) is 0 Å². The van der Waals surface area contributed by atoms with E-state index in [4.69, 9.17) is 33.7 Å². The zero-order valence-electron chi connectivity index (χ0n) is 11.2. The summed E-state index contributed by atoms with van der Waals surface area (Å²) in [4.78, 5) is 10.6. The van der Waals surface area contributed by atoms with Gasteiger partial charge in [0.05, 0.1) is 5.69 Å². The van der Waals surface area contributed by atoms with Gasteiger partial charge in [0.25, 0.3) is 0 Å². The largest absolute Gasteiger partial charge is 1.00 e. The molecule has 0 saturated heterocycles. The van der Waals surface area contributed by atoms with Crippen molar-refractivity contribution >= 4 is 34.9 Å². The third kappa shape index (κ3) is 5.09. The summed E-state index contributed by atoms with van der Waals surface area (Å²) in [5.74, 6) is -0.457. The van der Waals surface area contributed by atoms with Crippen LogP contribution in [0.2, 0.25) is 10.0 Å². The molecule has 2 rings (SSSR count). The number of hydrogen-bond acceptors (Lipinski definition) is 4. The molecule has 2 aromatic rings. The smallest absolute Gasteiger partial charge is 0.550 e. The van der Waals surface area contributed by atoms with Crippen LogP contribution >= 0.6 is 23.2 Å². The van der Waals surface area contributed by atoms with E-state index in [2.05, 4.69) is 0 Å². The summed E-state index contributed by atoms with van der Waals surface area (Å²) in [7, 11) is 0. The second-order valence-corrected chi connectivity index (χ2v) is 4.96. The predicted molar refractivity (Wildman–Crippen MR) is 76.1 cm³/mol. The molecule has 0 bridgehead atoms. The topological polar surface area (TPSA) is 75.4 Å². The van der Waals surface area contributed by atoms with Gasteiger partial charge in [0.2, 0.25) is 0 Å². The fourth-order valence-electron chi connectivity index (χ4n) is 1.70. The number of nitrogen functional groups attached to an aromatic ring is 1. The number of para-hydroxylation sites is 1. The molecule has 4 nitrogen and oxygen atoms in total. The molecule has 0 atom stereocenters. The van der Waals surface area contributed by atoms with Gasteiger partial charge in [-0.15, -0.1) is 0 Å². The number of carbonyl (C=O) groups is 1. The van der Waals surface area contributed by atoms with Gasteiger partial charge in [0.1, 0.15) is 5.75 Å². The summed E-state index contributed by atoms with van der Waals surface area (Å²) in [5.41, 5.74) is 6.54. The molecule has 2 aromatic carbocycles. The van der Waals surface area contributed by atoms with Crippen molar-refractivity contribution < 1.29 is 44.2 Å². The molecule has 104 valence electrons. The summed E-state index contributed by atoms with van der Waals surface area (Å²) in [6.45, 7) is 0. The third-order valence-corrected chi connectivity index (χ3v) is 2.99. The SMILES string of the molecule is Nc1c(CC(=O)[O-])cccc1Oc1cc(Cl)cc(Cl)c1.[Na+]. The number of hydrogen-bond donors (Lipinski definition) is 1. The fourth-order valence-corrected chi connectivity index (χ4v) is 2.21. The summed E-state index contributed by atoms with van der Waals surface area (Å²) < 4.78 is 5.59. The molecule has 2 N–H and O–H groups in total. The molecule has 7 heteroatoms. The molecule has 0 aliphatic carbocycles. The molecule has 0 amide bonds. The first-order valence-electron chi connectivity index (χ1n) is 5.67. The minimum Gasteiger partial charge on any atom is -0.550 e. The number of rotatable bonds is 4. The van der Waals surface area contributed by atoms with Crippen molar-refractivity contribution in [3.05, 3.63) is 52.0 Å². The maximum atomic E-state index is 10.6. The van der Waals surface area contributed by atoms with E-state index in [9.17, 15) is 9.90 Å². The van der Waals surface area contributed by atoms with E-state index >= 15 is 0 Å². The van der Waals surface area contributed by atoms with Gasteiger partial charge in [-0.1, -0.05) is 35.3 Å². The average molecular weight is 334 g/mol. The van der Waals surface area contributed by atoms with Crippen LogP contribution in [0, 0.1) is 0 Å². The van der Waals surface area contributed by atoms with E-state index in [0.717, 1.165) is 0 Å². The van der Waals surface area contributed by atoms with Crippen LogP contribution in [-0.4, -0.2) is 5.97 Å². The first kappa shape index (κ1) is 18.1. The zero-order valence-corrected chi connectivity index (χ0v) is 14.7. The van der Waals surface area contributed by atoms with E-state index in [-0.39, 0.29) is 41.7 Å². The maximum Gasteiger partial charge on any atom is 1.00 e. The standard InChI is InChI=1S/C14H11Cl2NO3.Na/c15-9-5-10(16)7-11(6-9)20-12-3-1-2-8(14(12)17)4-13(18)19;/h1-3,5-7H,4,17H2,(H,18,19);/q;+1/p-1. The van der Waals surface area contributed by atoms with E-state index in [0.29, 0.717) is 27.1 Å². The Labute approximate surface area is 154 Å². The van der Waals surface area contributed by atoms with Crippen LogP contribution < -0.4 is 45.1 Å². The first-order chi connectivity index (χ1) is 9.45. The van der Waals surface area contributed by atoms with E-state index in [1.165, 1.54) is 0 Å². The number of benzene rings is 2. The summed E-state index contributed by atoms with van der Waals surface area (Å²) in [6.07, 6.45) is -0.278. The Bertz CT molecular complexity index is 644. The van der Waals surface area contributed by atoms with Gasteiger partial charge in [-0.3, -0.25) is 0 Å². The minimum atomic E-state index is -1.21. The molecule has 0 fully saturated rings. The maximum absolute atomic E-state index is 10.6. The Balaban J connectivity index is 0.00000220. The number of aliphatic carboxylic acids is 1. The Kier molecular flexibility index (Phi) is 6.84. The number of anilines is 1. The van der Waals surface area contributed by atoms with Crippen molar-refractivity contribution in [3.8, 4) is 11.5 Å². The molecule has 0 aromatic heterocycles. The first-order valence-corrected chi connectivity index (χ1v) is 6.42. The van der Waals surface area contributed by atoms with Crippen LogP contribution in [0.5, 0.6) is 11.5 Å². The van der Waals surface area contributed by atoms with Crippen LogP contribution in [0.25, 0.3) is 0 Å². The molecule has 0 unspecified atom stereocenters. The zero-order chi connectivity index (χ0) is 14.7. The van der Waals surface area contributed by atoms with Crippen molar-refractivity contribution in [3.63, 3.8) is 0 Å². The third-order valence-electron chi connectivity index (χ3n) is 2.56. The van der Waals surface area contributed by atoms with Crippen LogP contribution in [0.3, 0.4) is 0 Å². The van der Waals surface area contributed by atoms with Gasteiger partial charge in [-0.25, -0.2) is 0 Å². The average Bonchev–Trinajstić information content (AvgIpc) is 2.32. The number of halogens is 2. The molecule has 0 heterocycles. The Hall–Kier alpha value is -0.910. The van der Waals surface area contributed by atoms with Crippen LogP contribution in [-0.2, 0) is 11.2 Å². The van der Waals surface area contributed by atoms with Crippen LogP contribution in [0.15, 0.2) is 36.4 Å². The van der Waals surface area contributed by atoms with Crippen LogP contribution in [0.1, 0.15) is 5.56 Å². The second-order valence-electron chi connectivity index (χ2n) is 4.08. The van der Waals surface area contributed by atoms with Crippen molar-refractivity contribution in [2.24, 2.45) is 0 Å². The molecular formula is C14H10Cl2NNaO3. The van der Waals surface area contributed by atoms with Gasteiger partial charge in [0.15, 0.2) is 5.75 Å².